The molecule has 0 bridgehead atoms. The van der Waals surface area contributed by atoms with Crippen LogP contribution in [-0.2, 0) is 0 Å². The summed E-state index contributed by atoms with van der Waals surface area (Å²) in [5, 5.41) is 8.63. The van der Waals surface area contributed by atoms with Gasteiger partial charge in [-0.15, -0.1) is 12.4 Å². The maximum atomic E-state index is 8.63. The van der Waals surface area contributed by atoms with Gasteiger partial charge in [0.25, 0.3) is 0 Å². The molecule has 0 aliphatic rings. The van der Waals surface area contributed by atoms with Crippen molar-refractivity contribution in [2.24, 2.45) is 0 Å². The van der Waals surface area contributed by atoms with Crippen LogP contribution in [0.15, 0.2) is 0 Å². The van der Waals surface area contributed by atoms with E-state index < -0.39 is 0 Å². The molecule has 0 aromatic rings. The molecule has 0 aliphatic heterocycles. The molecular weight excluding hydrogens is 232 g/mol. The van der Waals surface area contributed by atoms with E-state index in [0.29, 0.717) is 6.61 Å². The zero-order valence-corrected chi connectivity index (χ0v) is 12.6. The van der Waals surface area contributed by atoms with Crippen molar-refractivity contribution >= 4 is 12.4 Å². The molecular formula is C15H33ClO. The second-order valence-electron chi connectivity index (χ2n) is 4.97. The van der Waals surface area contributed by atoms with E-state index in [0.717, 1.165) is 6.42 Å². The van der Waals surface area contributed by atoms with E-state index in [9.17, 15) is 0 Å². The van der Waals surface area contributed by atoms with Crippen molar-refractivity contribution in [1.82, 2.24) is 0 Å². The minimum Gasteiger partial charge on any atom is -0.396 e. The van der Waals surface area contributed by atoms with Crippen molar-refractivity contribution in [2.45, 2.75) is 90.4 Å². The normalized spacial score (nSPS) is 10.2. The highest BCUT2D eigenvalue weighted by Crippen LogP contribution is 2.12. The lowest BCUT2D eigenvalue weighted by Crippen LogP contribution is -1.84. The van der Waals surface area contributed by atoms with Crippen LogP contribution in [0.25, 0.3) is 0 Å². The van der Waals surface area contributed by atoms with Gasteiger partial charge in [0.1, 0.15) is 0 Å². The SMILES string of the molecule is CCCCCCCCCCCCCCCO.Cl. The number of aliphatic hydroxyl groups excluding tert-OH is 1. The molecule has 0 aliphatic carbocycles. The molecule has 0 unspecified atom stereocenters. The first kappa shape index (κ1) is 19.6. The van der Waals surface area contributed by atoms with Gasteiger partial charge in [0.15, 0.2) is 0 Å². The monoisotopic (exact) mass is 264 g/mol. The van der Waals surface area contributed by atoms with Crippen LogP contribution in [0.4, 0.5) is 0 Å². The minimum absolute atomic E-state index is 0. The van der Waals surface area contributed by atoms with E-state index >= 15 is 0 Å². The molecule has 0 aromatic heterocycles. The number of rotatable bonds is 13. The molecule has 0 atom stereocenters. The fraction of sp³-hybridized carbons (Fsp3) is 1.00. The van der Waals surface area contributed by atoms with E-state index in [1.807, 2.05) is 0 Å². The highest BCUT2D eigenvalue weighted by Gasteiger charge is 1.92. The molecule has 0 rings (SSSR count). The molecule has 0 radical (unpaired) electrons. The highest BCUT2D eigenvalue weighted by molar-refractivity contribution is 5.85. The largest absolute Gasteiger partial charge is 0.396 e. The summed E-state index contributed by atoms with van der Waals surface area (Å²) in [4.78, 5) is 0. The van der Waals surface area contributed by atoms with Crippen LogP contribution < -0.4 is 0 Å². The molecule has 0 saturated heterocycles. The van der Waals surface area contributed by atoms with Gasteiger partial charge in [-0.1, -0.05) is 84.0 Å². The van der Waals surface area contributed by atoms with Crippen molar-refractivity contribution in [3.8, 4) is 0 Å². The van der Waals surface area contributed by atoms with Gasteiger partial charge in [0.2, 0.25) is 0 Å². The molecule has 0 fully saturated rings. The third-order valence-electron chi connectivity index (χ3n) is 3.26. The molecule has 1 N–H and O–H groups in total. The molecule has 0 saturated carbocycles. The average Bonchev–Trinajstić information content (AvgIpc) is 2.31. The average molecular weight is 265 g/mol. The number of hydrogen-bond acceptors (Lipinski definition) is 1. The number of unbranched alkanes of at least 4 members (excludes halogenated alkanes) is 12. The summed E-state index contributed by atoms with van der Waals surface area (Å²) in [6.45, 7) is 2.65. The van der Waals surface area contributed by atoms with E-state index in [2.05, 4.69) is 6.92 Å². The Bertz CT molecular complexity index is 103. The standard InChI is InChI=1S/C15H32O.ClH/c1-2-3-4-5-6-7-8-9-10-11-12-13-14-15-16;/h16H,2-15H2,1H3;1H. The van der Waals surface area contributed by atoms with E-state index in [1.165, 1.54) is 77.0 Å². The molecule has 0 heterocycles. The van der Waals surface area contributed by atoms with Crippen molar-refractivity contribution < 1.29 is 5.11 Å². The van der Waals surface area contributed by atoms with Gasteiger partial charge in [-0.05, 0) is 6.42 Å². The molecule has 1 nitrogen and oxygen atoms in total. The summed E-state index contributed by atoms with van der Waals surface area (Å²) in [5.41, 5.74) is 0. The fourth-order valence-corrected chi connectivity index (χ4v) is 2.13. The molecule has 2 heteroatoms. The lowest BCUT2D eigenvalue weighted by Gasteiger charge is -2.02. The predicted octanol–water partition coefficient (Wildman–Crippen LogP) is 5.49. The van der Waals surface area contributed by atoms with Gasteiger partial charge < -0.3 is 5.11 Å². The molecule has 0 amide bonds. The molecule has 0 spiro atoms. The van der Waals surface area contributed by atoms with Crippen LogP contribution in [0.3, 0.4) is 0 Å². The quantitative estimate of drug-likeness (QED) is 0.436. The second kappa shape index (κ2) is 18.6. The lowest BCUT2D eigenvalue weighted by molar-refractivity contribution is 0.282. The third kappa shape index (κ3) is 18.8. The van der Waals surface area contributed by atoms with Crippen LogP contribution in [0, 0.1) is 0 Å². The van der Waals surface area contributed by atoms with Gasteiger partial charge >= 0.3 is 0 Å². The molecule has 106 valence electrons. The van der Waals surface area contributed by atoms with Gasteiger partial charge in [0, 0.05) is 6.61 Å². The second-order valence-corrected chi connectivity index (χ2v) is 4.97. The van der Waals surface area contributed by atoms with Crippen molar-refractivity contribution in [3.63, 3.8) is 0 Å². The summed E-state index contributed by atoms with van der Waals surface area (Å²) in [5.74, 6) is 0. The Balaban J connectivity index is 0. The molecule has 17 heavy (non-hydrogen) atoms. The Labute approximate surface area is 115 Å². The van der Waals surface area contributed by atoms with Crippen molar-refractivity contribution in [3.05, 3.63) is 0 Å². The van der Waals surface area contributed by atoms with E-state index in [-0.39, 0.29) is 12.4 Å². The van der Waals surface area contributed by atoms with Crippen LogP contribution >= 0.6 is 12.4 Å². The fourth-order valence-electron chi connectivity index (χ4n) is 2.13. The van der Waals surface area contributed by atoms with Crippen LogP contribution in [-0.4, -0.2) is 11.7 Å². The van der Waals surface area contributed by atoms with Crippen molar-refractivity contribution in [1.29, 1.82) is 0 Å². The predicted molar refractivity (Wildman–Crippen MR) is 80.0 cm³/mol. The number of hydrogen-bond donors (Lipinski definition) is 1. The third-order valence-corrected chi connectivity index (χ3v) is 3.26. The highest BCUT2D eigenvalue weighted by atomic mass is 35.5. The van der Waals surface area contributed by atoms with Gasteiger partial charge in [-0.2, -0.15) is 0 Å². The van der Waals surface area contributed by atoms with Gasteiger partial charge in [-0.3, -0.25) is 0 Å². The van der Waals surface area contributed by atoms with E-state index in [4.69, 9.17) is 5.11 Å². The Morgan fingerprint density at radius 1 is 0.529 bits per heavy atom. The Kier molecular flexibility index (Phi) is 21.4. The van der Waals surface area contributed by atoms with E-state index in [1.54, 1.807) is 0 Å². The Morgan fingerprint density at radius 2 is 0.824 bits per heavy atom. The topological polar surface area (TPSA) is 20.2 Å². The maximum Gasteiger partial charge on any atom is 0.0431 e. The minimum atomic E-state index is 0. The summed E-state index contributed by atoms with van der Waals surface area (Å²) in [7, 11) is 0. The van der Waals surface area contributed by atoms with Crippen molar-refractivity contribution in [2.75, 3.05) is 6.61 Å². The van der Waals surface area contributed by atoms with Crippen LogP contribution in [0.1, 0.15) is 90.4 Å². The maximum absolute atomic E-state index is 8.63. The van der Waals surface area contributed by atoms with Gasteiger partial charge in [-0.25, -0.2) is 0 Å². The van der Waals surface area contributed by atoms with Crippen LogP contribution in [0.2, 0.25) is 0 Å². The Hall–Kier alpha value is 0.250. The number of aliphatic hydroxyl groups is 1. The smallest absolute Gasteiger partial charge is 0.0431 e. The summed E-state index contributed by atoms with van der Waals surface area (Å²) in [6.07, 6.45) is 17.7. The van der Waals surface area contributed by atoms with Gasteiger partial charge in [0.05, 0.1) is 0 Å². The number of halogens is 1. The first-order valence-electron chi connectivity index (χ1n) is 7.52. The lowest BCUT2D eigenvalue weighted by atomic mass is 10.0. The zero-order chi connectivity index (χ0) is 11.9. The molecule has 0 aromatic carbocycles. The first-order chi connectivity index (χ1) is 7.91. The first-order valence-corrected chi connectivity index (χ1v) is 7.52. The summed E-state index contributed by atoms with van der Waals surface area (Å²) >= 11 is 0. The van der Waals surface area contributed by atoms with Crippen LogP contribution in [0.5, 0.6) is 0 Å². The summed E-state index contributed by atoms with van der Waals surface area (Å²) < 4.78 is 0. The summed E-state index contributed by atoms with van der Waals surface area (Å²) in [6, 6.07) is 0. The zero-order valence-electron chi connectivity index (χ0n) is 11.8. The Morgan fingerprint density at radius 3 is 1.12 bits per heavy atom.